The number of aromatic nitrogens is 1. The van der Waals surface area contributed by atoms with Crippen LogP contribution in [0.25, 0.3) is 11.1 Å². The predicted molar refractivity (Wildman–Crippen MR) is 77.4 cm³/mol. The Kier molecular flexibility index (Phi) is 3.37. The Morgan fingerprint density at radius 2 is 2.10 bits per heavy atom. The highest BCUT2D eigenvalue weighted by atomic mass is 16.3. The number of benzene rings is 1. The van der Waals surface area contributed by atoms with E-state index in [0.717, 1.165) is 22.5 Å². The first-order chi connectivity index (χ1) is 9.83. The van der Waals surface area contributed by atoms with Gasteiger partial charge in [0.25, 0.3) is 0 Å². The van der Waals surface area contributed by atoms with Crippen molar-refractivity contribution in [3.63, 3.8) is 0 Å². The van der Waals surface area contributed by atoms with Crippen molar-refractivity contribution in [2.45, 2.75) is 6.54 Å². The van der Waals surface area contributed by atoms with E-state index < -0.39 is 0 Å². The lowest BCUT2D eigenvalue weighted by Crippen LogP contribution is -2.01. The van der Waals surface area contributed by atoms with Gasteiger partial charge in [0.1, 0.15) is 11.6 Å². The summed E-state index contributed by atoms with van der Waals surface area (Å²) in [5.74, 6) is 1.02. The van der Waals surface area contributed by atoms with E-state index in [2.05, 4.69) is 10.3 Å². The molecule has 2 heterocycles. The van der Waals surface area contributed by atoms with Crippen LogP contribution in [0.4, 0.5) is 5.82 Å². The third kappa shape index (κ3) is 2.64. The minimum absolute atomic E-state index is 0.243. The number of aromatic hydroxyl groups is 1. The van der Waals surface area contributed by atoms with Gasteiger partial charge in [0.2, 0.25) is 0 Å². The molecular weight excluding hydrogens is 252 g/mol. The molecule has 0 bridgehead atoms. The van der Waals surface area contributed by atoms with Crippen LogP contribution in [0.5, 0.6) is 5.75 Å². The Labute approximate surface area is 116 Å². The van der Waals surface area contributed by atoms with E-state index >= 15 is 0 Å². The number of phenols is 1. The van der Waals surface area contributed by atoms with Crippen molar-refractivity contribution in [1.29, 1.82) is 0 Å². The van der Waals surface area contributed by atoms with Gasteiger partial charge >= 0.3 is 0 Å². The number of pyridine rings is 1. The lowest BCUT2D eigenvalue weighted by Gasteiger charge is -2.10. The second-order valence-electron chi connectivity index (χ2n) is 4.44. The number of hydrogen-bond donors (Lipinski definition) is 2. The number of hydrogen-bond acceptors (Lipinski definition) is 4. The van der Waals surface area contributed by atoms with Gasteiger partial charge in [-0.15, -0.1) is 0 Å². The second-order valence-corrected chi connectivity index (χ2v) is 4.44. The maximum Gasteiger partial charge on any atom is 0.134 e. The van der Waals surface area contributed by atoms with Gasteiger partial charge in [-0.25, -0.2) is 4.98 Å². The molecule has 0 aliphatic rings. The van der Waals surface area contributed by atoms with Gasteiger partial charge < -0.3 is 14.8 Å². The average Bonchev–Trinajstić information content (AvgIpc) is 2.99. The lowest BCUT2D eigenvalue weighted by molar-refractivity contribution is 0.475. The van der Waals surface area contributed by atoms with E-state index in [1.54, 1.807) is 30.9 Å². The van der Waals surface area contributed by atoms with E-state index in [0.29, 0.717) is 6.54 Å². The Bertz CT molecular complexity index is 693. The molecule has 3 aromatic rings. The number of nitrogens with zero attached hydrogens (tertiary/aromatic N) is 1. The van der Waals surface area contributed by atoms with Crippen molar-refractivity contribution in [2.24, 2.45) is 0 Å². The van der Waals surface area contributed by atoms with Crippen LogP contribution >= 0.6 is 0 Å². The van der Waals surface area contributed by atoms with Gasteiger partial charge in [-0.1, -0.05) is 12.1 Å². The summed E-state index contributed by atoms with van der Waals surface area (Å²) < 4.78 is 5.04. The second kappa shape index (κ2) is 5.48. The molecule has 0 unspecified atom stereocenters. The van der Waals surface area contributed by atoms with Crippen LogP contribution < -0.4 is 5.32 Å². The van der Waals surface area contributed by atoms with E-state index in [-0.39, 0.29) is 5.75 Å². The number of phenolic OH excluding ortho intramolecular Hbond substituents is 1. The molecular formula is C16H14N2O2. The number of nitrogens with one attached hydrogen (secondary N) is 1. The fraction of sp³-hybridized carbons (Fsp3) is 0.0625. The molecule has 1 aromatic carbocycles. The summed E-state index contributed by atoms with van der Waals surface area (Å²) in [7, 11) is 0. The van der Waals surface area contributed by atoms with Gasteiger partial charge in [0, 0.05) is 23.9 Å². The molecule has 0 spiro atoms. The van der Waals surface area contributed by atoms with Crippen LogP contribution in [-0.4, -0.2) is 10.1 Å². The van der Waals surface area contributed by atoms with E-state index in [1.807, 2.05) is 30.3 Å². The molecule has 0 saturated heterocycles. The van der Waals surface area contributed by atoms with Crippen LogP contribution in [0.3, 0.4) is 0 Å². The molecule has 100 valence electrons. The molecule has 0 aliphatic carbocycles. The molecule has 0 fully saturated rings. The highest BCUT2D eigenvalue weighted by molar-refractivity contribution is 5.75. The molecule has 2 aromatic heterocycles. The molecule has 0 saturated carbocycles. The minimum atomic E-state index is 0.243. The van der Waals surface area contributed by atoms with Crippen LogP contribution in [0.15, 0.2) is 65.6 Å². The zero-order chi connectivity index (χ0) is 13.8. The summed E-state index contributed by atoms with van der Waals surface area (Å²) in [5, 5.41) is 12.9. The maximum absolute atomic E-state index is 9.59. The van der Waals surface area contributed by atoms with Crippen LogP contribution in [0.1, 0.15) is 5.56 Å². The first kappa shape index (κ1) is 12.3. The van der Waals surface area contributed by atoms with Crippen LogP contribution in [0.2, 0.25) is 0 Å². The van der Waals surface area contributed by atoms with Gasteiger partial charge in [-0.2, -0.15) is 0 Å². The molecule has 0 atom stereocenters. The van der Waals surface area contributed by atoms with Crippen LogP contribution in [-0.2, 0) is 6.54 Å². The lowest BCUT2D eigenvalue weighted by atomic mass is 10.1. The zero-order valence-corrected chi connectivity index (χ0v) is 10.8. The molecule has 0 radical (unpaired) electrons. The SMILES string of the molecule is Oc1cccc(-c2cccnc2NCc2ccoc2)c1. The Balaban J connectivity index is 1.88. The van der Waals surface area contributed by atoms with E-state index in [1.165, 1.54) is 0 Å². The normalized spacial score (nSPS) is 10.4. The molecule has 0 aliphatic heterocycles. The molecule has 20 heavy (non-hydrogen) atoms. The molecule has 0 amide bonds. The van der Waals surface area contributed by atoms with Crippen molar-refractivity contribution in [2.75, 3.05) is 5.32 Å². The number of furan rings is 1. The standard InChI is InChI=1S/C16H14N2O2/c19-14-4-1-3-13(9-14)15-5-2-7-17-16(15)18-10-12-6-8-20-11-12/h1-9,11,19H,10H2,(H,17,18). The largest absolute Gasteiger partial charge is 0.508 e. The minimum Gasteiger partial charge on any atom is -0.508 e. The van der Waals surface area contributed by atoms with E-state index in [9.17, 15) is 5.11 Å². The Hall–Kier alpha value is -2.75. The van der Waals surface area contributed by atoms with Gasteiger partial charge in [0.05, 0.1) is 12.5 Å². The first-order valence-electron chi connectivity index (χ1n) is 6.32. The third-order valence-electron chi connectivity index (χ3n) is 3.00. The number of rotatable bonds is 4. The van der Waals surface area contributed by atoms with Crippen molar-refractivity contribution in [1.82, 2.24) is 4.98 Å². The molecule has 4 heteroatoms. The fourth-order valence-corrected chi connectivity index (χ4v) is 2.03. The van der Waals surface area contributed by atoms with Gasteiger partial charge in [-0.3, -0.25) is 0 Å². The third-order valence-corrected chi connectivity index (χ3v) is 3.00. The molecule has 4 nitrogen and oxygen atoms in total. The summed E-state index contributed by atoms with van der Waals surface area (Å²) in [6.45, 7) is 0.638. The first-order valence-corrected chi connectivity index (χ1v) is 6.32. The molecule has 2 N–H and O–H groups in total. The van der Waals surface area contributed by atoms with Crippen molar-refractivity contribution < 1.29 is 9.52 Å². The summed E-state index contributed by atoms with van der Waals surface area (Å²) in [5.41, 5.74) is 2.93. The zero-order valence-electron chi connectivity index (χ0n) is 10.8. The van der Waals surface area contributed by atoms with Crippen molar-refractivity contribution >= 4 is 5.82 Å². The highest BCUT2D eigenvalue weighted by Crippen LogP contribution is 2.28. The average molecular weight is 266 g/mol. The highest BCUT2D eigenvalue weighted by Gasteiger charge is 2.06. The summed E-state index contributed by atoms with van der Waals surface area (Å²) in [4.78, 5) is 4.36. The Morgan fingerprint density at radius 3 is 2.90 bits per heavy atom. The van der Waals surface area contributed by atoms with Gasteiger partial charge in [-0.05, 0) is 35.9 Å². The topological polar surface area (TPSA) is 58.3 Å². The van der Waals surface area contributed by atoms with Gasteiger partial charge in [0.15, 0.2) is 0 Å². The smallest absolute Gasteiger partial charge is 0.134 e. The quantitative estimate of drug-likeness (QED) is 0.756. The van der Waals surface area contributed by atoms with E-state index in [4.69, 9.17) is 4.42 Å². The summed E-state index contributed by atoms with van der Waals surface area (Å²) in [6.07, 6.45) is 5.08. The van der Waals surface area contributed by atoms with Crippen LogP contribution in [0, 0.1) is 0 Å². The monoisotopic (exact) mass is 266 g/mol. The predicted octanol–water partition coefficient (Wildman–Crippen LogP) is 3.66. The maximum atomic E-state index is 9.59. The summed E-state index contributed by atoms with van der Waals surface area (Å²) >= 11 is 0. The molecule has 3 rings (SSSR count). The Morgan fingerprint density at radius 1 is 1.15 bits per heavy atom. The van der Waals surface area contributed by atoms with Crippen molar-refractivity contribution in [3.8, 4) is 16.9 Å². The summed E-state index contributed by atoms with van der Waals surface area (Å²) in [6, 6.07) is 12.9. The number of anilines is 1. The fourth-order valence-electron chi connectivity index (χ4n) is 2.03. The van der Waals surface area contributed by atoms with Crippen molar-refractivity contribution in [3.05, 3.63) is 66.8 Å².